The zero-order chi connectivity index (χ0) is 17.1. The van der Waals surface area contributed by atoms with E-state index in [1.54, 1.807) is 0 Å². The lowest BCUT2D eigenvalue weighted by molar-refractivity contribution is 0.301. The molecule has 126 valence electrons. The van der Waals surface area contributed by atoms with Gasteiger partial charge in [-0.2, -0.15) is 0 Å². The summed E-state index contributed by atoms with van der Waals surface area (Å²) in [5.74, 6) is 0.626. The largest absolute Gasteiger partial charge is 0.355 e. The highest BCUT2D eigenvalue weighted by Gasteiger charge is 2.28. The van der Waals surface area contributed by atoms with Crippen LogP contribution in [0.3, 0.4) is 0 Å². The zero-order valence-corrected chi connectivity index (χ0v) is 15.7. The summed E-state index contributed by atoms with van der Waals surface area (Å²) in [5, 5.41) is 0. The SMILES string of the molecule is C=C(C)/C=C(C)\C(=C\C)N1CCN(C2=C(C)C=C(C)CC2C)C1. The Hall–Kier alpha value is -1.70. The van der Waals surface area contributed by atoms with Crippen molar-refractivity contribution < 1.29 is 0 Å². The van der Waals surface area contributed by atoms with Crippen molar-refractivity contribution in [3.63, 3.8) is 0 Å². The molecule has 1 atom stereocenters. The number of hydrogen-bond acceptors (Lipinski definition) is 2. The molecule has 0 radical (unpaired) electrons. The van der Waals surface area contributed by atoms with Gasteiger partial charge in [0.15, 0.2) is 0 Å². The molecule has 0 aromatic heterocycles. The summed E-state index contributed by atoms with van der Waals surface area (Å²) in [4.78, 5) is 5.06. The Bertz CT molecular complexity index is 601. The van der Waals surface area contributed by atoms with E-state index in [1.807, 2.05) is 0 Å². The summed E-state index contributed by atoms with van der Waals surface area (Å²) in [5.41, 5.74) is 8.24. The number of nitrogens with zero attached hydrogens (tertiary/aromatic N) is 2. The minimum atomic E-state index is 0.626. The fourth-order valence-electron chi connectivity index (χ4n) is 4.12. The third kappa shape index (κ3) is 3.99. The van der Waals surface area contributed by atoms with Gasteiger partial charge in [0.1, 0.15) is 0 Å². The molecule has 0 bridgehead atoms. The molecule has 2 heteroatoms. The Morgan fingerprint density at radius 1 is 1.26 bits per heavy atom. The van der Waals surface area contributed by atoms with Crippen LogP contribution in [0.15, 0.2) is 58.5 Å². The van der Waals surface area contributed by atoms with Gasteiger partial charge in [0.2, 0.25) is 0 Å². The highest BCUT2D eigenvalue weighted by atomic mass is 15.4. The lowest BCUT2D eigenvalue weighted by Crippen LogP contribution is -2.29. The molecule has 2 aliphatic rings. The van der Waals surface area contributed by atoms with Crippen molar-refractivity contribution in [1.82, 2.24) is 9.80 Å². The second kappa shape index (κ2) is 7.25. The standard InChI is InChI=1S/C21H32N2/c1-8-20(17(5)11-15(2)3)22-9-10-23(14-22)21-18(6)12-16(4)13-19(21)7/h8,11-12,19H,2,9-10,13-14H2,1,3-7H3/b17-11-,20-8-. The Balaban J connectivity index is 2.18. The van der Waals surface area contributed by atoms with E-state index in [2.05, 4.69) is 76.1 Å². The molecule has 1 saturated heterocycles. The summed E-state index contributed by atoms with van der Waals surface area (Å²) in [7, 11) is 0. The number of rotatable bonds is 4. The van der Waals surface area contributed by atoms with Crippen LogP contribution in [0.25, 0.3) is 0 Å². The first-order chi connectivity index (χ1) is 10.8. The van der Waals surface area contributed by atoms with E-state index in [1.165, 1.54) is 34.5 Å². The van der Waals surface area contributed by atoms with Gasteiger partial charge in [0, 0.05) is 30.4 Å². The average Bonchev–Trinajstić information content (AvgIpc) is 2.86. The predicted molar refractivity (Wildman–Crippen MR) is 101 cm³/mol. The molecule has 1 fully saturated rings. The van der Waals surface area contributed by atoms with Crippen molar-refractivity contribution in [2.75, 3.05) is 19.8 Å². The van der Waals surface area contributed by atoms with E-state index in [0.717, 1.165) is 25.3 Å². The summed E-state index contributed by atoms with van der Waals surface area (Å²) < 4.78 is 0. The summed E-state index contributed by atoms with van der Waals surface area (Å²) in [6, 6.07) is 0. The molecule has 1 heterocycles. The highest BCUT2D eigenvalue weighted by Crippen LogP contribution is 2.33. The van der Waals surface area contributed by atoms with Crippen molar-refractivity contribution in [1.29, 1.82) is 0 Å². The van der Waals surface area contributed by atoms with E-state index in [9.17, 15) is 0 Å². The van der Waals surface area contributed by atoms with Crippen LogP contribution in [-0.2, 0) is 0 Å². The van der Waals surface area contributed by atoms with Gasteiger partial charge in [-0.05, 0) is 52.2 Å². The normalized spacial score (nSPS) is 23.6. The lowest BCUT2D eigenvalue weighted by atomic mass is 9.89. The average molecular weight is 313 g/mol. The molecule has 0 aromatic rings. The van der Waals surface area contributed by atoms with Crippen molar-refractivity contribution in [2.45, 2.75) is 48.0 Å². The van der Waals surface area contributed by atoms with Crippen LogP contribution >= 0.6 is 0 Å². The minimum absolute atomic E-state index is 0.626. The first-order valence-electron chi connectivity index (χ1n) is 8.71. The van der Waals surface area contributed by atoms with Crippen LogP contribution in [0.1, 0.15) is 48.0 Å². The first-order valence-corrected chi connectivity index (χ1v) is 8.71. The Morgan fingerprint density at radius 3 is 2.52 bits per heavy atom. The maximum atomic E-state index is 4.01. The smallest absolute Gasteiger partial charge is 0.0901 e. The number of hydrogen-bond donors (Lipinski definition) is 0. The van der Waals surface area contributed by atoms with E-state index < -0.39 is 0 Å². The molecule has 1 aliphatic carbocycles. The Labute approximate surface area is 142 Å². The van der Waals surface area contributed by atoms with Crippen LogP contribution in [0, 0.1) is 5.92 Å². The molecule has 0 N–H and O–H groups in total. The lowest BCUT2D eigenvalue weighted by Gasteiger charge is -2.32. The molecule has 0 aromatic carbocycles. The van der Waals surface area contributed by atoms with E-state index in [-0.39, 0.29) is 0 Å². The fourth-order valence-corrected chi connectivity index (χ4v) is 4.12. The van der Waals surface area contributed by atoms with Gasteiger partial charge in [-0.25, -0.2) is 0 Å². The van der Waals surface area contributed by atoms with Crippen LogP contribution < -0.4 is 0 Å². The van der Waals surface area contributed by atoms with Crippen LogP contribution in [0.5, 0.6) is 0 Å². The van der Waals surface area contributed by atoms with E-state index in [0.29, 0.717) is 5.92 Å². The predicted octanol–water partition coefficient (Wildman–Crippen LogP) is 5.25. The van der Waals surface area contributed by atoms with Crippen molar-refractivity contribution >= 4 is 0 Å². The van der Waals surface area contributed by atoms with Gasteiger partial charge in [-0.15, -0.1) is 0 Å². The maximum Gasteiger partial charge on any atom is 0.0901 e. The molecule has 0 spiro atoms. The molecular formula is C21H32N2. The van der Waals surface area contributed by atoms with Crippen molar-refractivity contribution in [2.24, 2.45) is 5.92 Å². The third-order valence-electron chi connectivity index (χ3n) is 4.76. The van der Waals surface area contributed by atoms with Crippen LogP contribution in [0.4, 0.5) is 0 Å². The second-order valence-electron chi connectivity index (χ2n) is 7.18. The maximum absolute atomic E-state index is 4.01. The molecule has 1 unspecified atom stereocenters. The van der Waals surface area contributed by atoms with Crippen molar-refractivity contribution in [3.05, 3.63) is 58.5 Å². The van der Waals surface area contributed by atoms with Crippen LogP contribution in [0.2, 0.25) is 0 Å². The number of allylic oxidation sites excluding steroid dienone is 8. The Morgan fingerprint density at radius 2 is 1.96 bits per heavy atom. The topological polar surface area (TPSA) is 6.48 Å². The quantitative estimate of drug-likeness (QED) is 0.654. The fraction of sp³-hybridized carbons (Fsp3) is 0.524. The van der Waals surface area contributed by atoms with E-state index in [4.69, 9.17) is 0 Å². The van der Waals surface area contributed by atoms with Crippen LogP contribution in [-0.4, -0.2) is 29.6 Å². The monoisotopic (exact) mass is 312 g/mol. The third-order valence-corrected chi connectivity index (χ3v) is 4.76. The van der Waals surface area contributed by atoms with Gasteiger partial charge in [0.05, 0.1) is 6.67 Å². The molecular weight excluding hydrogens is 280 g/mol. The zero-order valence-electron chi connectivity index (χ0n) is 15.7. The molecule has 2 nitrogen and oxygen atoms in total. The molecule has 1 aliphatic heterocycles. The van der Waals surface area contributed by atoms with E-state index >= 15 is 0 Å². The summed E-state index contributed by atoms with van der Waals surface area (Å²) in [6.45, 7) is 20.4. The van der Waals surface area contributed by atoms with Gasteiger partial charge >= 0.3 is 0 Å². The van der Waals surface area contributed by atoms with Gasteiger partial charge < -0.3 is 9.80 Å². The minimum Gasteiger partial charge on any atom is -0.355 e. The summed E-state index contributed by atoms with van der Waals surface area (Å²) >= 11 is 0. The van der Waals surface area contributed by atoms with Gasteiger partial charge in [0.25, 0.3) is 0 Å². The van der Waals surface area contributed by atoms with Gasteiger partial charge in [-0.1, -0.05) is 42.9 Å². The molecule has 0 amide bonds. The summed E-state index contributed by atoms with van der Waals surface area (Å²) in [6.07, 6.45) is 7.96. The van der Waals surface area contributed by atoms with Gasteiger partial charge in [-0.3, -0.25) is 0 Å². The molecule has 2 rings (SSSR count). The highest BCUT2D eigenvalue weighted by molar-refractivity contribution is 5.35. The Kier molecular flexibility index (Phi) is 5.56. The second-order valence-corrected chi connectivity index (χ2v) is 7.18. The van der Waals surface area contributed by atoms with Crippen molar-refractivity contribution in [3.8, 4) is 0 Å². The molecule has 23 heavy (non-hydrogen) atoms. The molecule has 0 saturated carbocycles. The first kappa shape index (κ1) is 17.7.